The van der Waals surface area contributed by atoms with Gasteiger partial charge in [-0.25, -0.2) is 0 Å². The van der Waals surface area contributed by atoms with Crippen LogP contribution in [0, 0.1) is 6.92 Å². The van der Waals surface area contributed by atoms with E-state index in [-0.39, 0.29) is 17.1 Å². The second-order valence-corrected chi connectivity index (χ2v) is 5.71. The molecular formula is C17H19ClO6. The van der Waals surface area contributed by atoms with Gasteiger partial charge in [0.05, 0.1) is 19.8 Å². The summed E-state index contributed by atoms with van der Waals surface area (Å²) in [6.07, 6.45) is 1.16. The predicted molar refractivity (Wildman–Crippen MR) is 89.0 cm³/mol. The number of aliphatic hydroxyl groups excluding tert-OH is 1. The Hall–Kier alpha value is -2.02. The molecule has 1 aliphatic carbocycles. The molecule has 2 atom stereocenters. The van der Waals surface area contributed by atoms with Crippen LogP contribution in [0.15, 0.2) is 35.6 Å². The van der Waals surface area contributed by atoms with E-state index in [9.17, 15) is 15.0 Å². The lowest BCUT2D eigenvalue weighted by molar-refractivity contribution is -0.159. The van der Waals surface area contributed by atoms with Crippen LogP contribution in [0.25, 0.3) is 5.76 Å². The van der Waals surface area contributed by atoms with Gasteiger partial charge in [0, 0.05) is 13.2 Å². The topological polar surface area (TPSA) is 85.2 Å². The van der Waals surface area contributed by atoms with Crippen molar-refractivity contribution in [3.63, 3.8) is 0 Å². The Kier molecular flexibility index (Phi) is 5.22. The fraction of sp³-hybridized carbons (Fsp3) is 0.353. The van der Waals surface area contributed by atoms with E-state index in [1.807, 2.05) is 0 Å². The molecule has 2 N–H and O–H groups in total. The first kappa shape index (κ1) is 18.3. The molecule has 0 aliphatic heterocycles. The number of aliphatic hydroxyl groups is 2. The fourth-order valence-corrected chi connectivity index (χ4v) is 2.83. The van der Waals surface area contributed by atoms with E-state index in [0.717, 1.165) is 6.08 Å². The van der Waals surface area contributed by atoms with Gasteiger partial charge < -0.3 is 24.4 Å². The maximum absolute atomic E-state index is 12.6. The van der Waals surface area contributed by atoms with Gasteiger partial charge in [-0.1, -0.05) is 12.1 Å². The maximum Gasteiger partial charge on any atom is 0.213 e. The van der Waals surface area contributed by atoms with Crippen molar-refractivity contribution in [3.8, 4) is 5.75 Å². The largest absolute Gasteiger partial charge is 0.506 e. The van der Waals surface area contributed by atoms with Gasteiger partial charge in [0.2, 0.25) is 5.79 Å². The van der Waals surface area contributed by atoms with Crippen LogP contribution in [-0.2, 0) is 14.3 Å². The van der Waals surface area contributed by atoms with Gasteiger partial charge in [-0.2, -0.15) is 0 Å². The molecule has 6 nitrogen and oxygen atoms in total. The molecule has 1 aliphatic rings. The monoisotopic (exact) mass is 354 g/mol. The molecule has 0 aromatic heterocycles. The number of Topliss-reactive ketones (excluding diaryl/α,β-unsaturated/α-hetero) is 1. The molecule has 1 aromatic carbocycles. The highest BCUT2D eigenvalue weighted by atomic mass is 35.5. The SMILES string of the molecule is COC1=CC(O)(OC)C(Cl)C(=O)C1=C(O)c1c(C)cccc1OC. The van der Waals surface area contributed by atoms with Crippen LogP contribution in [0.3, 0.4) is 0 Å². The Labute approximate surface area is 144 Å². The van der Waals surface area contributed by atoms with Crippen molar-refractivity contribution >= 4 is 23.1 Å². The molecule has 0 heterocycles. The van der Waals surface area contributed by atoms with E-state index in [2.05, 4.69) is 0 Å². The summed E-state index contributed by atoms with van der Waals surface area (Å²) in [5.74, 6) is -2.73. The van der Waals surface area contributed by atoms with Gasteiger partial charge in [-0.15, -0.1) is 11.6 Å². The smallest absolute Gasteiger partial charge is 0.213 e. The van der Waals surface area contributed by atoms with Gasteiger partial charge in [0.15, 0.2) is 11.2 Å². The van der Waals surface area contributed by atoms with E-state index in [1.165, 1.54) is 21.3 Å². The standard InChI is InChI=1S/C17H19ClO6/c1-9-6-5-7-10(22-2)12(9)14(19)13-11(23-3)8-17(21,24-4)16(18)15(13)20/h5-8,16,19,21H,1-4H3. The van der Waals surface area contributed by atoms with Gasteiger partial charge in [0.25, 0.3) is 0 Å². The first-order chi connectivity index (χ1) is 11.3. The molecule has 1 aromatic rings. The Morgan fingerprint density at radius 3 is 2.46 bits per heavy atom. The van der Waals surface area contributed by atoms with Crippen LogP contribution in [0.2, 0.25) is 0 Å². The number of carbonyl (C=O) groups excluding carboxylic acids is 1. The number of methoxy groups -OCH3 is 3. The zero-order chi connectivity index (χ0) is 18.1. The summed E-state index contributed by atoms with van der Waals surface area (Å²) in [5.41, 5.74) is 0.895. The number of benzene rings is 1. The number of alkyl halides is 1. The lowest BCUT2D eigenvalue weighted by Crippen LogP contribution is -2.48. The van der Waals surface area contributed by atoms with Crippen molar-refractivity contribution in [1.82, 2.24) is 0 Å². The third-order valence-corrected chi connectivity index (χ3v) is 4.41. The van der Waals surface area contributed by atoms with Crippen molar-refractivity contribution in [2.45, 2.75) is 18.1 Å². The summed E-state index contributed by atoms with van der Waals surface area (Å²) in [7, 11) is 3.98. The zero-order valence-electron chi connectivity index (χ0n) is 13.8. The highest BCUT2D eigenvalue weighted by molar-refractivity contribution is 6.36. The van der Waals surface area contributed by atoms with Crippen LogP contribution in [0.5, 0.6) is 5.75 Å². The normalized spacial score (nSPS) is 26.0. The Morgan fingerprint density at radius 2 is 1.92 bits per heavy atom. The number of allylic oxidation sites excluding steroid dienone is 1. The van der Waals surface area contributed by atoms with Crippen molar-refractivity contribution in [2.75, 3.05) is 21.3 Å². The maximum atomic E-state index is 12.6. The average molecular weight is 355 g/mol. The number of rotatable bonds is 4. The molecule has 7 heteroatoms. The van der Waals surface area contributed by atoms with E-state index in [1.54, 1.807) is 25.1 Å². The van der Waals surface area contributed by atoms with Crippen molar-refractivity contribution in [1.29, 1.82) is 0 Å². The van der Waals surface area contributed by atoms with Crippen molar-refractivity contribution in [3.05, 3.63) is 46.7 Å². The van der Waals surface area contributed by atoms with Crippen LogP contribution in [0.4, 0.5) is 0 Å². The summed E-state index contributed by atoms with van der Waals surface area (Å²) in [6, 6.07) is 5.19. The summed E-state index contributed by atoms with van der Waals surface area (Å²) in [6.45, 7) is 1.77. The van der Waals surface area contributed by atoms with Crippen LogP contribution < -0.4 is 4.74 Å². The minimum Gasteiger partial charge on any atom is -0.506 e. The summed E-state index contributed by atoms with van der Waals surface area (Å²) >= 11 is 6.04. The highest BCUT2D eigenvalue weighted by Gasteiger charge is 2.47. The van der Waals surface area contributed by atoms with E-state index in [0.29, 0.717) is 16.9 Å². The number of hydrogen-bond donors (Lipinski definition) is 2. The van der Waals surface area contributed by atoms with Crippen LogP contribution in [0.1, 0.15) is 11.1 Å². The van der Waals surface area contributed by atoms with Crippen molar-refractivity contribution < 1.29 is 29.2 Å². The highest BCUT2D eigenvalue weighted by Crippen LogP contribution is 2.38. The van der Waals surface area contributed by atoms with Gasteiger partial charge in [-0.05, 0) is 18.6 Å². The van der Waals surface area contributed by atoms with Gasteiger partial charge >= 0.3 is 0 Å². The molecule has 0 bridgehead atoms. The third-order valence-electron chi connectivity index (χ3n) is 3.90. The summed E-state index contributed by atoms with van der Waals surface area (Å²) < 4.78 is 15.3. The molecule has 2 unspecified atom stereocenters. The number of aryl methyl sites for hydroxylation is 1. The van der Waals surface area contributed by atoms with Crippen molar-refractivity contribution in [2.24, 2.45) is 0 Å². The number of ketones is 1. The number of halogens is 1. The Morgan fingerprint density at radius 1 is 1.25 bits per heavy atom. The van der Waals surface area contributed by atoms with E-state index < -0.39 is 16.9 Å². The Bertz CT molecular complexity index is 724. The van der Waals surface area contributed by atoms with Gasteiger partial charge in [-0.3, -0.25) is 4.79 Å². The minimum atomic E-state index is -2.02. The second kappa shape index (κ2) is 6.84. The lowest BCUT2D eigenvalue weighted by Gasteiger charge is -2.33. The number of hydrogen-bond acceptors (Lipinski definition) is 6. The Balaban J connectivity index is 2.75. The predicted octanol–water partition coefficient (Wildman–Crippen LogP) is 2.33. The number of ether oxygens (including phenoxy) is 3. The zero-order valence-corrected chi connectivity index (χ0v) is 14.5. The lowest BCUT2D eigenvalue weighted by atomic mass is 9.89. The molecule has 0 radical (unpaired) electrons. The van der Waals surface area contributed by atoms with Gasteiger partial charge in [0.1, 0.15) is 22.8 Å². The van der Waals surface area contributed by atoms with Crippen LogP contribution >= 0.6 is 11.6 Å². The molecular weight excluding hydrogens is 336 g/mol. The molecule has 0 amide bonds. The third kappa shape index (κ3) is 2.88. The van der Waals surface area contributed by atoms with Crippen LogP contribution in [-0.4, -0.2) is 48.5 Å². The average Bonchev–Trinajstić information content (AvgIpc) is 2.58. The molecule has 0 saturated heterocycles. The molecule has 0 fully saturated rings. The molecule has 130 valence electrons. The van der Waals surface area contributed by atoms with E-state index in [4.69, 9.17) is 25.8 Å². The second-order valence-electron chi connectivity index (χ2n) is 5.27. The van der Waals surface area contributed by atoms with E-state index >= 15 is 0 Å². The molecule has 0 spiro atoms. The first-order valence-corrected chi connectivity index (χ1v) is 7.54. The summed E-state index contributed by atoms with van der Waals surface area (Å²) in [5, 5.41) is 19.6. The number of carbonyl (C=O) groups is 1. The molecule has 24 heavy (non-hydrogen) atoms. The first-order valence-electron chi connectivity index (χ1n) is 7.11. The fourth-order valence-electron chi connectivity index (χ4n) is 2.57. The molecule has 0 saturated carbocycles. The quantitative estimate of drug-likeness (QED) is 0.373. The minimum absolute atomic E-state index is 0.0379. The molecule has 2 rings (SSSR count). The summed E-state index contributed by atoms with van der Waals surface area (Å²) in [4.78, 5) is 12.6.